The fraction of sp³-hybridized carbons (Fsp3) is 0.444. The second-order valence-electron chi connectivity index (χ2n) is 6.44. The molecule has 0 bridgehead atoms. The summed E-state index contributed by atoms with van der Waals surface area (Å²) >= 11 is 0. The quantitative estimate of drug-likeness (QED) is 0.791. The van der Waals surface area contributed by atoms with E-state index >= 15 is 0 Å². The molecular formula is C18H22F2N4O2. The van der Waals surface area contributed by atoms with E-state index in [4.69, 9.17) is 4.74 Å². The van der Waals surface area contributed by atoms with Crippen LogP contribution in [0.25, 0.3) is 0 Å². The molecule has 1 atom stereocenters. The number of hydrogen-bond donors (Lipinski definition) is 1. The number of aromatic nitrogens is 2. The van der Waals surface area contributed by atoms with Crippen LogP contribution in [0.2, 0.25) is 0 Å². The Kier molecular flexibility index (Phi) is 5.63. The molecule has 3 rings (SSSR count). The van der Waals surface area contributed by atoms with Gasteiger partial charge in [0, 0.05) is 40.3 Å². The van der Waals surface area contributed by atoms with Crippen LogP contribution in [0.15, 0.2) is 24.5 Å². The van der Waals surface area contributed by atoms with Crippen LogP contribution in [-0.4, -0.2) is 47.2 Å². The number of aryl methyl sites for hydroxylation is 1. The largest absolute Gasteiger partial charge is 0.383 e. The number of rotatable bonds is 6. The molecule has 0 radical (unpaired) electrons. The minimum atomic E-state index is -0.869. The molecule has 140 valence electrons. The number of benzene rings is 1. The van der Waals surface area contributed by atoms with Crippen molar-refractivity contribution in [2.45, 2.75) is 19.0 Å². The lowest BCUT2D eigenvalue weighted by molar-refractivity contribution is -0.123. The smallest absolute Gasteiger partial charge is 0.230 e. The van der Waals surface area contributed by atoms with E-state index in [0.717, 1.165) is 17.5 Å². The molecule has 1 amide bonds. The fourth-order valence-corrected chi connectivity index (χ4v) is 3.30. The molecule has 1 aliphatic rings. The molecule has 2 aromatic rings. The second kappa shape index (κ2) is 7.92. The van der Waals surface area contributed by atoms with Crippen molar-refractivity contribution < 1.29 is 18.3 Å². The maximum atomic E-state index is 13.5. The average molecular weight is 364 g/mol. The predicted molar refractivity (Wildman–Crippen MR) is 91.3 cm³/mol. The van der Waals surface area contributed by atoms with E-state index in [0.29, 0.717) is 38.3 Å². The number of fused-ring (bicyclic) bond motifs is 1. The average Bonchev–Trinajstić information content (AvgIpc) is 2.99. The highest BCUT2D eigenvalue weighted by Crippen LogP contribution is 2.28. The van der Waals surface area contributed by atoms with Crippen molar-refractivity contribution in [3.63, 3.8) is 0 Å². The lowest BCUT2D eigenvalue weighted by atomic mass is 9.96. The van der Waals surface area contributed by atoms with Crippen LogP contribution in [0.4, 0.5) is 8.78 Å². The SMILES string of the molecule is COCCNC(=O)[C@@H]1CN(Cc2ccc(F)c(F)c2)Cc2ncn(C)c21. The molecule has 0 unspecified atom stereocenters. The molecule has 2 heterocycles. The topological polar surface area (TPSA) is 59.4 Å². The number of amides is 1. The first-order chi connectivity index (χ1) is 12.5. The van der Waals surface area contributed by atoms with Crippen molar-refractivity contribution in [3.05, 3.63) is 53.1 Å². The summed E-state index contributed by atoms with van der Waals surface area (Å²) in [6, 6.07) is 3.87. The first kappa shape index (κ1) is 18.5. The van der Waals surface area contributed by atoms with Gasteiger partial charge in [-0.2, -0.15) is 0 Å². The number of carbonyl (C=O) groups is 1. The Morgan fingerprint density at radius 2 is 2.19 bits per heavy atom. The number of hydrogen-bond acceptors (Lipinski definition) is 4. The number of nitrogens with zero attached hydrogens (tertiary/aromatic N) is 3. The maximum Gasteiger partial charge on any atom is 0.230 e. The van der Waals surface area contributed by atoms with Crippen LogP contribution in [-0.2, 0) is 29.7 Å². The van der Waals surface area contributed by atoms with Gasteiger partial charge in [0.1, 0.15) is 0 Å². The van der Waals surface area contributed by atoms with Crippen molar-refractivity contribution in [1.29, 1.82) is 0 Å². The van der Waals surface area contributed by atoms with Crippen molar-refractivity contribution in [3.8, 4) is 0 Å². The zero-order valence-electron chi connectivity index (χ0n) is 14.8. The highest BCUT2D eigenvalue weighted by molar-refractivity contribution is 5.84. The second-order valence-corrected chi connectivity index (χ2v) is 6.44. The van der Waals surface area contributed by atoms with Gasteiger partial charge in [0.05, 0.1) is 30.2 Å². The summed E-state index contributed by atoms with van der Waals surface area (Å²) in [6.07, 6.45) is 1.70. The summed E-state index contributed by atoms with van der Waals surface area (Å²) in [5.74, 6) is -2.21. The Labute approximate surface area is 150 Å². The van der Waals surface area contributed by atoms with Gasteiger partial charge in [-0.1, -0.05) is 6.07 Å². The third-order valence-electron chi connectivity index (χ3n) is 4.52. The molecule has 0 saturated heterocycles. The summed E-state index contributed by atoms with van der Waals surface area (Å²) in [7, 11) is 3.45. The molecule has 8 heteroatoms. The number of methoxy groups -OCH3 is 1. The first-order valence-electron chi connectivity index (χ1n) is 8.42. The standard InChI is InChI=1S/C18H22F2N4O2/c1-23-11-22-16-10-24(8-12-3-4-14(19)15(20)7-12)9-13(17(16)23)18(25)21-5-6-26-2/h3-4,7,11,13H,5-6,8-10H2,1-2H3,(H,21,25)/t13-/m1/s1. The van der Waals surface area contributed by atoms with Gasteiger partial charge in [-0.25, -0.2) is 13.8 Å². The van der Waals surface area contributed by atoms with E-state index in [1.165, 1.54) is 6.07 Å². The van der Waals surface area contributed by atoms with Crippen molar-refractivity contribution in [2.24, 2.45) is 7.05 Å². The van der Waals surface area contributed by atoms with Crippen LogP contribution >= 0.6 is 0 Å². The van der Waals surface area contributed by atoms with E-state index in [1.807, 2.05) is 16.5 Å². The molecule has 6 nitrogen and oxygen atoms in total. The Balaban J connectivity index is 1.77. The molecule has 0 fully saturated rings. The van der Waals surface area contributed by atoms with Gasteiger partial charge < -0.3 is 14.6 Å². The van der Waals surface area contributed by atoms with Gasteiger partial charge in [0.25, 0.3) is 0 Å². The third-order valence-corrected chi connectivity index (χ3v) is 4.52. The Morgan fingerprint density at radius 1 is 1.38 bits per heavy atom. The highest BCUT2D eigenvalue weighted by atomic mass is 19.2. The number of halogens is 2. The normalized spacial score (nSPS) is 17.2. The number of carbonyl (C=O) groups excluding carboxylic acids is 1. The van der Waals surface area contributed by atoms with E-state index in [2.05, 4.69) is 10.3 Å². The Hall–Kier alpha value is -2.32. The summed E-state index contributed by atoms with van der Waals surface area (Å²) in [4.78, 5) is 19.0. The molecule has 1 aromatic heterocycles. The van der Waals surface area contributed by atoms with Gasteiger partial charge in [-0.3, -0.25) is 9.69 Å². The highest BCUT2D eigenvalue weighted by Gasteiger charge is 2.33. The summed E-state index contributed by atoms with van der Waals surface area (Å²) in [6.45, 7) is 2.31. The third kappa shape index (κ3) is 3.91. The van der Waals surface area contributed by atoms with Gasteiger partial charge in [-0.05, 0) is 17.7 Å². The summed E-state index contributed by atoms with van der Waals surface area (Å²) < 4.78 is 33.4. The molecule has 0 aliphatic carbocycles. The minimum absolute atomic E-state index is 0.0955. The number of nitrogens with one attached hydrogen (secondary N) is 1. The fourth-order valence-electron chi connectivity index (χ4n) is 3.30. The van der Waals surface area contributed by atoms with E-state index in [9.17, 15) is 13.6 Å². The molecule has 1 aliphatic heterocycles. The lowest BCUT2D eigenvalue weighted by Gasteiger charge is -2.32. The van der Waals surface area contributed by atoms with E-state index < -0.39 is 11.6 Å². The lowest BCUT2D eigenvalue weighted by Crippen LogP contribution is -2.42. The number of ether oxygens (including phenoxy) is 1. The Morgan fingerprint density at radius 3 is 2.92 bits per heavy atom. The van der Waals surface area contributed by atoms with Crippen LogP contribution in [0, 0.1) is 11.6 Å². The van der Waals surface area contributed by atoms with Crippen LogP contribution in [0.1, 0.15) is 22.9 Å². The van der Waals surface area contributed by atoms with Gasteiger partial charge >= 0.3 is 0 Å². The molecule has 26 heavy (non-hydrogen) atoms. The molecule has 0 saturated carbocycles. The van der Waals surface area contributed by atoms with Crippen LogP contribution in [0.5, 0.6) is 0 Å². The van der Waals surface area contributed by atoms with Gasteiger partial charge in [0.2, 0.25) is 5.91 Å². The zero-order chi connectivity index (χ0) is 18.7. The first-order valence-corrected chi connectivity index (χ1v) is 8.42. The molecular weight excluding hydrogens is 342 g/mol. The minimum Gasteiger partial charge on any atom is -0.383 e. The summed E-state index contributed by atoms with van der Waals surface area (Å²) in [5.41, 5.74) is 2.37. The van der Waals surface area contributed by atoms with Crippen LogP contribution < -0.4 is 5.32 Å². The maximum absolute atomic E-state index is 13.5. The van der Waals surface area contributed by atoms with Crippen molar-refractivity contribution in [1.82, 2.24) is 19.8 Å². The van der Waals surface area contributed by atoms with Crippen molar-refractivity contribution in [2.75, 3.05) is 26.8 Å². The molecule has 1 aromatic carbocycles. The van der Waals surface area contributed by atoms with Crippen molar-refractivity contribution >= 4 is 5.91 Å². The van der Waals surface area contributed by atoms with Gasteiger partial charge in [0.15, 0.2) is 11.6 Å². The zero-order valence-corrected chi connectivity index (χ0v) is 14.8. The van der Waals surface area contributed by atoms with E-state index in [1.54, 1.807) is 19.5 Å². The monoisotopic (exact) mass is 364 g/mol. The molecule has 1 N–H and O–H groups in total. The molecule has 0 spiro atoms. The summed E-state index contributed by atoms with van der Waals surface area (Å²) in [5, 5.41) is 2.87. The Bertz CT molecular complexity index is 793. The van der Waals surface area contributed by atoms with E-state index in [-0.39, 0.29) is 11.8 Å². The van der Waals surface area contributed by atoms with Crippen LogP contribution in [0.3, 0.4) is 0 Å². The predicted octanol–water partition coefficient (Wildman–Crippen LogP) is 1.56. The van der Waals surface area contributed by atoms with Gasteiger partial charge in [-0.15, -0.1) is 0 Å². The number of imidazole rings is 1.